The molecular formula is C17H26O. The molecule has 1 N–H and O–H groups in total. The standard InChI is InChI=1S/C17H26O/c1-4-15-7-5-6-12-17(15,18)16-10-8-14(9-11-16)13(2)3/h8-11,13,15,18H,4-7,12H2,1-3H3. The summed E-state index contributed by atoms with van der Waals surface area (Å²) in [5.41, 5.74) is 1.90. The third-order valence-corrected chi connectivity index (χ3v) is 4.61. The molecule has 0 aliphatic heterocycles. The van der Waals surface area contributed by atoms with Gasteiger partial charge in [0.1, 0.15) is 0 Å². The fraction of sp³-hybridized carbons (Fsp3) is 0.647. The average Bonchev–Trinajstić information content (AvgIpc) is 2.39. The molecule has 1 saturated carbocycles. The predicted octanol–water partition coefficient (Wildman–Crippen LogP) is 4.60. The quantitative estimate of drug-likeness (QED) is 0.826. The van der Waals surface area contributed by atoms with Crippen molar-refractivity contribution in [3.05, 3.63) is 35.4 Å². The van der Waals surface area contributed by atoms with E-state index >= 15 is 0 Å². The molecule has 1 aliphatic rings. The Bertz CT molecular complexity index is 379. The summed E-state index contributed by atoms with van der Waals surface area (Å²) in [5, 5.41) is 11.0. The van der Waals surface area contributed by atoms with Crippen LogP contribution in [-0.2, 0) is 5.60 Å². The largest absolute Gasteiger partial charge is 0.385 e. The monoisotopic (exact) mass is 246 g/mol. The molecule has 0 spiro atoms. The second-order valence-corrected chi connectivity index (χ2v) is 6.05. The van der Waals surface area contributed by atoms with Gasteiger partial charge in [-0.2, -0.15) is 0 Å². The van der Waals surface area contributed by atoms with Crippen molar-refractivity contribution in [3.63, 3.8) is 0 Å². The van der Waals surface area contributed by atoms with Crippen molar-refractivity contribution in [2.24, 2.45) is 5.92 Å². The SMILES string of the molecule is CCC1CCCCC1(O)c1ccc(C(C)C)cc1. The Morgan fingerprint density at radius 2 is 1.89 bits per heavy atom. The van der Waals surface area contributed by atoms with E-state index in [9.17, 15) is 5.11 Å². The molecule has 2 unspecified atom stereocenters. The molecule has 1 aromatic rings. The first-order chi connectivity index (χ1) is 8.58. The summed E-state index contributed by atoms with van der Waals surface area (Å²) in [5.74, 6) is 0.984. The highest BCUT2D eigenvalue weighted by molar-refractivity contribution is 5.29. The van der Waals surface area contributed by atoms with Gasteiger partial charge in [-0.15, -0.1) is 0 Å². The second-order valence-electron chi connectivity index (χ2n) is 6.05. The van der Waals surface area contributed by atoms with Crippen molar-refractivity contribution < 1.29 is 5.11 Å². The van der Waals surface area contributed by atoms with E-state index in [1.165, 1.54) is 18.4 Å². The second kappa shape index (κ2) is 5.44. The molecule has 0 aromatic heterocycles. The zero-order valence-electron chi connectivity index (χ0n) is 11.9. The lowest BCUT2D eigenvalue weighted by Gasteiger charge is -2.40. The van der Waals surface area contributed by atoms with Gasteiger partial charge in [-0.3, -0.25) is 0 Å². The average molecular weight is 246 g/mol. The highest BCUT2D eigenvalue weighted by Crippen LogP contribution is 2.43. The zero-order chi connectivity index (χ0) is 13.2. The van der Waals surface area contributed by atoms with Crippen LogP contribution in [0.4, 0.5) is 0 Å². The van der Waals surface area contributed by atoms with E-state index < -0.39 is 5.60 Å². The van der Waals surface area contributed by atoms with E-state index in [2.05, 4.69) is 45.0 Å². The Morgan fingerprint density at radius 1 is 1.22 bits per heavy atom. The van der Waals surface area contributed by atoms with Crippen molar-refractivity contribution >= 4 is 0 Å². The Morgan fingerprint density at radius 3 is 2.44 bits per heavy atom. The summed E-state index contributed by atoms with van der Waals surface area (Å²) >= 11 is 0. The Balaban J connectivity index is 2.27. The maximum absolute atomic E-state index is 11.0. The number of aliphatic hydroxyl groups is 1. The molecule has 18 heavy (non-hydrogen) atoms. The van der Waals surface area contributed by atoms with Crippen LogP contribution in [0.1, 0.15) is 69.9 Å². The molecule has 0 saturated heterocycles. The van der Waals surface area contributed by atoms with E-state index in [1.54, 1.807) is 0 Å². The zero-order valence-corrected chi connectivity index (χ0v) is 11.9. The van der Waals surface area contributed by atoms with Gasteiger partial charge in [0.15, 0.2) is 0 Å². The summed E-state index contributed by atoms with van der Waals surface area (Å²) in [6, 6.07) is 8.64. The maximum atomic E-state index is 11.0. The van der Waals surface area contributed by atoms with Crippen LogP contribution in [0.2, 0.25) is 0 Å². The van der Waals surface area contributed by atoms with Crippen molar-refractivity contribution in [2.75, 3.05) is 0 Å². The molecule has 2 atom stereocenters. The summed E-state index contributed by atoms with van der Waals surface area (Å²) in [4.78, 5) is 0. The summed E-state index contributed by atoms with van der Waals surface area (Å²) in [6.07, 6.45) is 5.58. The predicted molar refractivity (Wildman–Crippen MR) is 76.7 cm³/mol. The van der Waals surface area contributed by atoms with Crippen molar-refractivity contribution in [1.82, 2.24) is 0 Å². The summed E-state index contributed by atoms with van der Waals surface area (Å²) < 4.78 is 0. The van der Waals surface area contributed by atoms with E-state index in [-0.39, 0.29) is 0 Å². The summed E-state index contributed by atoms with van der Waals surface area (Å²) in [6.45, 7) is 6.61. The lowest BCUT2D eigenvalue weighted by molar-refractivity contribution is -0.0557. The van der Waals surface area contributed by atoms with Gasteiger partial charge in [-0.05, 0) is 35.8 Å². The molecule has 1 fully saturated rings. The van der Waals surface area contributed by atoms with Crippen LogP contribution in [0.3, 0.4) is 0 Å². The molecule has 2 rings (SSSR count). The van der Waals surface area contributed by atoms with Crippen LogP contribution >= 0.6 is 0 Å². The van der Waals surface area contributed by atoms with Gasteiger partial charge in [0, 0.05) is 0 Å². The van der Waals surface area contributed by atoms with Gasteiger partial charge in [-0.1, -0.05) is 64.3 Å². The lowest BCUT2D eigenvalue weighted by Crippen LogP contribution is -2.37. The van der Waals surface area contributed by atoms with Crippen LogP contribution in [0.25, 0.3) is 0 Å². The maximum Gasteiger partial charge on any atom is 0.0924 e. The molecule has 0 bridgehead atoms. The van der Waals surface area contributed by atoms with Crippen LogP contribution < -0.4 is 0 Å². The lowest BCUT2D eigenvalue weighted by atomic mass is 9.70. The number of benzene rings is 1. The van der Waals surface area contributed by atoms with E-state index in [1.807, 2.05) is 0 Å². The summed E-state index contributed by atoms with van der Waals surface area (Å²) in [7, 11) is 0. The fourth-order valence-corrected chi connectivity index (χ4v) is 3.31. The van der Waals surface area contributed by atoms with Gasteiger partial charge >= 0.3 is 0 Å². The molecule has 0 radical (unpaired) electrons. The van der Waals surface area contributed by atoms with Gasteiger partial charge in [0.05, 0.1) is 5.60 Å². The van der Waals surface area contributed by atoms with Crippen LogP contribution in [-0.4, -0.2) is 5.11 Å². The minimum Gasteiger partial charge on any atom is -0.385 e. The Hall–Kier alpha value is -0.820. The Kier molecular flexibility index (Phi) is 4.11. The number of hydrogen-bond acceptors (Lipinski definition) is 1. The first kappa shape index (κ1) is 13.6. The minimum absolute atomic E-state index is 0.427. The highest BCUT2D eigenvalue weighted by atomic mass is 16.3. The molecule has 1 nitrogen and oxygen atoms in total. The van der Waals surface area contributed by atoms with Crippen LogP contribution in [0.5, 0.6) is 0 Å². The van der Waals surface area contributed by atoms with Crippen molar-refractivity contribution in [2.45, 2.75) is 64.4 Å². The third kappa shape index (κ3) is 2.47. The van der Waals surface area contributed by atoms with E-state index in [0.29, 0.717) is 11.8 Å². The van der Waals surface area contributed by atoms with Gasteiger partial charge in [0.25, 0.3) is 0 Å². The smallest absolute Gasteiger partial charge is 0.0924 e. The molecule has 0 amide bonds. The van der Waals surface area contributed by atoms with Gasteiger partial charge in [-0.25, -0.2) is 0 Å². The third-order valence-electron chi connectivity index (χ3n) is 4.61. The first-order valence-corrected chi connectivity index (χ1v) is 7.40. The fourth-order valence-electron chi connectivity index (χ4n) is 3.31. The highest BCUT2D eigenvalue weighted by Gasteiger charge is 2.39. The van der Waals surface area contributed by atoms with Gasteiger partial charge < -0.3 is 5.11 Å². The van der Waals surface area contributed by atoms with Gasteiger partial charge in [0.2, 0.25) is 0 Å². The minimum atomic E-state index is -0.581. The van der Waals surface area contributed by atoms with E-state index in [4.69, 9.17) is 0 Å². The molecule has 1 aromatic carbocycles. The Labute approximate surface area is 111 Å². The van der Waals surface area contributed by atoms with Crippen LogP contribution in [0, 0.1) is 5.92 Å². The van der Waals surface area contributed by atoms with Crippen LogP contribution in [0.15, 0.2) is 24.3 Å². The molecule has 1 aliphatic carbocycles. The molecule has 0 heterocycles. The molecule has 100 valence electrons. The molecule has 1 heteroatoms. The van der Waals surface area contributed by atoms with Crippen molar-refractivity contribution in [1.29, 1.82) is 0 Å². The topological polar surface area (TPSA) is 20.2 Å². The molecular weight excluding hydrogens is 220 g/mol. The number of rotatable bonds is 3. The van der Waals surface area contributed by atoms with E-state index in [0.717, 1.165) is 24.8 Å². The normalized spacial score (nSPS) is 28.6. The first-order valence-electron chi connectivity index (χ1n) is 7.40. The van der Waals surface area contributed by atoms with Crippen molar-refractivity contribution in [3.8, 4) is 0 Å². The number of hydrogen-bond donors (Lipinski definition) is 1.